The minimum absolute atomic E-state index is 0.0886. The van der Waals surface area contributed by atoms with Crippen molar-refractivity contribution < 1.29 is 33.4 Å². The highest BCUT2D eigenvalue weighted by atomic mass is 16.5. The normalized spacial score (nSPS) is 11.1. The van der Waals surface area contributed by atoms with Crippen LogP contribution in [0.4, 0.5) is 0 Å². The molecule has 0 atom stereocenters. The number of ether oxygens (including phenoxy) is 3. The summed E-state index contributed by atoms with van der Waals surface area (Å²) in [6.07, 6.45) is 3.81. The summed E-state index contributed by atoms with van der Waals surface area (Å²) in [4.78, 5) is 50.1. The number of nitrogens with two attached hydrogens (primary N) is 1. The van der Waals surface area contributed by atoms with Crippen molar-refractivity contribution in [3.8, 4) is 5.75 Å². The Hall–Kier alpha value is -4.73. The van der Waals surface area contributed by atoms with Crippen LogP contribution in [0.1, 0.15) is 42.3 Å². The highest BCUT2D eigenvalue weighted by Gasteiger charge is 2.18. The van der Waals surface area contributed by atoms with Crippen LogP contribution in [0.3, 0.4) is 0 Å². The van der Waals surface area contributed by atoms with E-state index in [4.69, 9.17) is 25.4 Å². The van der Waals surface area contributed by atoms with Gasteiger partial charge in [-0.25, -0.2) is 9.59 Å². The van der Waals surface area contributed by atoms with E-state index in [2.05, 4.69) is 0 Å². The molecule has 10 heteroatoms. The smallest absolute Gasteiger partial charge is 0.343 e. The third kappa shape index (κ3) is 9.10. The summed E-state index contributed by atoms with van der Waals surface area (Å²) in [5, 5.41) is 7.40. The van der Waals surface area contributed by atoms with Crippen LogP contribution >= 0.6 is 0 Å². The van der Waals surface area contributed by atoms with Gasteiger partial charge in [0.25, 0.3) is 5.91 Å². The number of hydrogen-bond donors (Lipinski definition) is 2. The number of nitrogen functional groups attached to an aromatic ring is 1. The van der Waals surface area contributed by atoms with Crippen molar-refractivity contribution in [3.63, 3.8) is 0 Å². The van der Waals surface area contributed by atoms with Crippen LogP contribution in [-0.2, 0) is 23.9 Å². The Morgan fingerprint density at radius 3 is 2.08 bits per heavy atom. The van der Waals surface area contributed by atoms with Crippen molar-refractivity contribution >= 4 is 35.7 Å². The van der Waals surface area contributed by atoms with Crippen LogP contribution < -0.4 is 10.5 Å². The number of esters is 3. The van der Waals surface area contributed by atoms with Crippen molar-refractivity contribution in [1.29, 1.82) is 5.41 Å². The molecule has 0 unspecified atom stereocenters. The first-order chi connectivity index (χ1) is 17.6. The van der Waals surface area contributed by atoms with Crippen LogP contribution in [0, 0.1) is 5.41 Å². The van der Waals surface area contributed by atoms with Gasteiger partial charge in [-0.15, -0.1) is 0 Å². The maximum absolute atomic E-state index is 13.0. The summed E-state index contributed by atoms with van der Waals surface area (Å²) in [6, 6.07) is 12.6. The van der Waals surface area contributed by atoms with E-state index in [1.54, 1.807) is 75.4 Å². The van der Waals surface area contributed by atoms with Gasteiger partial charge in [-0.3, -0.25) is 15.0 Å². The predicted molar refractivity (Wildman–Crippen MR) is 137 cm³/mol. The molecule has 2 aromatic carbocycles. The van der Waals surface area contributed by atoms with Crippen molar-refractivity contribution in [1.82, 2.24) is 4.90 Å². The van der Waals surface area contributed by atoms with Crippen LogP contribution in [0.5, 0.6) is 5.75 Å². The Labute approximate surface area is 214 Å². The Morgan fingerprint density at radius 2 is 1.51 bits per heavy atom. The van der Waals surface area contributed by atoms with Crippen LogP contribution in [0.15, 0.2) is 66.4 Å². The summed E-state index contributed by atoms with van der Waals surface area (Å²) in [7, 11) is 0. The highest BCUT2D eigenvalue weighted by Crippen LogP contribution is 2.16. The van der Waals surface area contributed by atoms with Gasteiger partial charge in [0.05, 0.1) is 18.8 Å². The zero-order valence-corrected chi connectivity index (χ0v) is 20.9. The molecule has 10 nitrogen and oxygen atoms in total. The molecule has 0 heterocycles. The van der Waals surface area contributed by atoms with Crippen LogP contribution in [-0.4, -0.2) is 54.3 Å². The zero-order valence-electron chi connectivity index (χ0n) is 20.9. The summed E-state index contributed by atoms with van der Waals surface area (Å²) < 4.78 is 15.1. The summed E-state index contributed by atoms with van der Waals surface area (Å²) in [5.74, 6) is -2.17. The van der Waals surface area contributed by atoms with Gasteiger partial charge in [0.2, 0.25) is 0 Å². The van der Waals surface area contributed by atoms with Gasteiger partial charge in [0.1, 0.15) is 18.1 Å². The number of benzene rings is 2. The number of nitrogens with zero attached hydrogens (tertiary/aromatic N) is 1. The lowest BCUT2D eigenvalue weighted by Gasteiger charge is -2.18. The molecular weight excluding hydrogens is 478 g/mol. The minimum atomic E-state index is -0.650. The van der Waals surface area contributed by atoms with E-state index < -0.39 is 23.8 Å². The molecule has 0 saturated heterocycles. The van der Waals surface area contributed by atoms with Gasteiger partial charge >= 0.3 is 17.9 Å². The molecular formula is C27H29N3O7. The molecule has 1 amide bonds. The van der Waals surface area contributed by atoms with Gasteiger partial charge in [0, 0.05) is 23.4 Å². The van der Waals surface area contributed by atoms with E-state index in [-0.39, 0.29) is 36.7 Å². The fourth-order valence-corrected chi connectivity index (χ4v) is 3.00. The second-order valence-electron chi connectivity index (χ2n) is 7.58. The average molecular weight is 508 g/mol. The minimum Gasteiger partial charge on any atom is -0.465 e. The molecule has 0 fully saturated rings. The first kappa shape index (κ1) is 28.5. The number of nitrogens with one attached hydrogen (secondary N) is 1. The molecule has 0 radical (unpaired) electrons. The van der Waals surface area contributed by atoms with Crippen LogP contribution in [0.25, 0.3) is 6.08 Å². The fourth-order valence-electron chi connectivity index (χ4n) is 3.00. The van der Waals surface area contributed by atoms with E-state index in [9.17, 15) is 19.2 Å². The average Bonchev–Trinajstić information content (AvgIpc) is 2.87. The first-order valence-electron chi connectivity index (χ1n) is 11.4. The third-order valence-corrected chi connectivity index (χ3v) is 4.79. The maximum atomic E-state index is 13.0. The maximum Gasteiger partial charge on any atom is 0.343 e. The number of rotatable bonds is 11. The largest absolute Gasteiger partial charge is 0.465 e. The zero-order chi connectivity index (χ0) is 27.4. The molecule has 0 aliphatic rings. The van der Waals surface area contributed by atoms with Gasteiger partial charge in [-0.1, -0.05) is 12.1 Å². The third-order valence-electron chi connectivity index (χ3n) is 4.79. The second-order valence-corrected chi connectivity index (χ2v) is 7.58. The quantitative estimate of drug-likeness (QED) is 0.155. The second kappa shape index (κ2) is 14.0. The van der Waals surface area contributed by atoms with Crippen molar-refractivity contribution in [2.75, 3.05) is 19.8 Å². The monoisotopic (exact) mass is 507 g/mol. The van der Waals surface area contributed by atoms with E-state index in [0.717, 1.165) is 11.0 Å². The molecule has 37 heavy (non-hydrogen) atoms. The molecule has 0 spiro atoms. The fraction of sp³-hybridized carbons (Fsp3) is 0.222. The molecule has 3 N–H and O–H groups in total. The predicted octanol–water partition coefficient (Wildman–Crippen LogP) is 3.06. The Balaban J connectivity index is 2.13. The molecule has 2 rings (SSSR count). The number of carbonyl (C=O) groups is 4. The highest BCUT2D eigenvalue weighted by molar-refractivity contribution is 6.00. The van der Waals surface area contributed by atoms with Gasteiger partial charge in [0.15, 0.2) is 0 Å². The number of carbonyl (C=O) groups excluding carboxylic acids is 4. The molecule has 0 bridgehead atoms. The lowest BCUT2D eigenvalue weighted by atomic mass is 10.1. The Kier molecular flexibility index (Phi) is 10.8. The van der Waals surface area contributed by atoms with E-state index >= 15 is 0 Å². The number of amides is 1. The molecule has 194 valence electrons. The molecule has 0 aliphatic carbocycles. The van der Waals surface area contributed by atoms with Gasteiger partial charge in [-0.05, 0) is 68.8 Å². The van der Waals surface area contributed by atoms with Crippen molar-refractivity contribution in [2.24, 2.45) is 5.73 Å². The lowest BCUT2D eigenvalue weighted by Crippen LogP contribution is -2.33. The summed E-state index contributed by atoms with van der Waals surface area (Å²) >= 11 is 0. The molecule has 0 aliphatic heterocycles. The van der Waals surface area contributed by atoms with E-state index in [1.165, 1.54) is 6.20 Å². The Bertz CT molecular complexity index is 1200. The molecule has 0 aromatic heterocycles. The summed E-state index contributed by atoms with van der Waals surface area (Å²) in [5.41, 5.74) is 7.12. The van der Waals surface area contributed by atoms with E-state index in [0.29, 0.717) is 16.9 Å². The standard InChI is InChI=1S/C27H29N3O7/c1-4-35-23(31)14-15-30(17-24(32)36-5-2)26(33)18(3)16-19-6-8-21(9-7-19)27(34)37-22-12-10-20(11-13-22)25(28)29/h6-16H,4-5,17H2,1-3H3,(H3,28,29). The molecule has 0 saturated carbocycles. The number of amidine groups is 1. The topological polar surface area (TPSA) is 149 Å². The number of hydrogen-bond acceptors (Lipinski definition) is 8. The van der Waals surface area contributed by atoms with Gasteiger partial charge < -0.3 is 24.8 Å². The first-order valence-corrected chi connectivity index (χ1v) is 11.4. The van der Waals surface area contributed by atoms with Crippen LogP contribution in [0.2, 0.25) is 0 Å². The molecule has 2 aromatic rings. The lowest BCUT2D eigenvalue weighted by molar-refractivity contribution is -0.146. The SMILES string of the molecule is CCOC(=O)C=CN(CC(=O)OCC)C(=O)C(C)=Cc1ccc(C(=O)Oc2ccc(C(=N)N)cc2)cc1. The van der Waals surface area contributed by atoms with E-state index in [1.807, 2.05) is 0 Å². The van der Waals surface area contributed by atoms with Crippen molar-refractivity contribution in [2.45, 2.75) is 20.8 Å². The summed E-state index contributed by atoms with van der Waals surface area (Å²) in [6.45, 7) is 4.79. The van der Waals surface area contributed by atoms with Crippen molar-refractivity contribution in [3.05, 3.63) is 83.1 Å². The van der Waals surface area contributed by atoms with Gasteiger partial charge in [-0.2, -0.15) is 0 Å². The Morgan fingerprint density at radius 1 is 0.919 bits per heavy atom.